The van der Waals surface area contributed by atoms with Gasteiger partial charge in [0.2, 0.25) is 53.2 Å². The Balaban J connectivity index is 6.24. The number of rotatable bonds is 37. The van der Waals surface area contributed by atoms with E-state index in [1.807, 2.05) is 5.32 Å². The fourth-order valence-electron chi connectivity index (χ4n) is 6.66. The van der Waals surface area contributed by atoms with Crippen molar-refractivity contribution in [3.8, 4) is 0 Å². The number of nitrogens with two attached hydrogens (primary N) is 2. The molecule has 0 saturated carbocycles. The molecule has 0 rings (SSSR count). The van der Waals surface area contributed by atoms with Gasteiger partial charge in [-0.05, 0) is 50.0 Å². The van der Waals surface area contributed by atoms with E-state index in [4.69, 9.17) is 11.5 Å². The Morgan fingerprint density at radius 1 is 0.446 bits per heavy atom. The number of hydrogen-bond acceptors (Lipinski definition) is 18. The third-order valence-corrected chi connectivity index (χ3v) is 11.2. The van der Waals surface area contributed by atoms with E-state index in [1.54, 1.807) is 20.8 Å². The molecule has 0 heterocycles. The van der Waals surface area contributed by atoms with Crippen molar-refractivity contribution in [3.05, 3.63) is 0 Å². The van der Waals surface area contributed by atoms with Crippen molar-refractivity contribution in [1.82, 2.24) is 47.9 Å². The summed E-state index contributed by atoms with van der Waals surface area (Å²) < 4.78 is 0. The first-order valence-corrected chi connectivity index (χ1v) is 23.9. The number of unbranched alkanes of at least 4 members (excludes halogenated alkanes) is 1. The van der Waals surface area contributed by atoms with Crippen LogP contribution >= 0.6 is 0 Å². The number of aliphatic hydroxyl groups excluding tert-OH is 4. The number of carboxylic acids is 3. The predicted octanol–water partition coefficient (Wildman–Crippen LogP) is -7.05. The summed E-state index contributed by atoms with van der Waals surface area (Å²) in [4.78, 5) is 154. The summed E-state index contributed by atoms with van der Waals surface area (Å²) in [6.07, 6.45) is -0.823. The van der Waals surface area contributed by atoms with E-state index in [0.29, 0.717) is 19.4 Å². The fraction of sp³-hybridized carbons (Fsp3) is 0.727. The van der Waals surface area contributed by atoms with Gasteiger partial charge in [-0.15, -0.1) is 0 Å². The Morgan fingerprint density at radius 3 is 1.20 bits per heavy atom. The standard InChI is InChI=1S/C44H77N11O19/c1-7-22(6)34(43(72)47-24(11-12-31(60)61)36(65)50-27(16-56)39(68)49-26(15-32(62)63)38(67)54-33(21(4)5)44(73)74)55-42(71)30(19-59)53-41(70)29(18-58)52-40(69)28(17-57)51-37(66)25(14-20(2)3)48-35(64)23(46)10-8-9-13-45/h20-30,33-34,56-59H,7-19,45-46H2,1-6H3,(H,47,72)(H,48,64)(H,49,68)(H,50,65)(H,51,66)(H,52,69)(H,53,70)(H,54,67)(H,55,71)(H,60,61)(H,62,63)(H,73,74)/t22-,23-,24-,25-,26-,27-,28-,29-,30-,33-,34-/m0/s1. The van der Waals surface area contributed by atoms with Crippen molar-refractivity contribution >= 4 is 71.1 Å². The molecular weight excluding hydrogens is 987 g/mol. The van der Waals surface area contributed by atoms with Gasteiger partial charge < -0.3 is 95.1 Å². The van der Waals surface area contributed by atoms with E-state index in [2.05, 4.69) is 42.5 Å². The molecular formula is C44H77N11O19. The number of aliphatic hydroxyl groups is 4. The van der Waals surface area contributed by atoms with Crippen molar-refractivity contribution < 1.29 is 93.3 Å². The zero-order chi connectivity index (χ0) is 57.0. The topological polar surface area (TPSA) is 507 Å². The van der Waals surface area contributed by atoms with E-state index in [0.717, 1.165) is 0 Å². The van der Waals surface area contributed by atoms with E-state index in [-0.39, 0.29) is 25.2 Å². The number of amides is 9. The highest BCUT2D eigenvalue weighted by Crippen LogP contribution is 2.12. The van der Waals surface area contributed by atoms with Crippen LogP contribution in [0.2, 0.25) is 0 Å². The smallest absolute Gasteiger partial charge is 0.326 e. The van der Waals surface area contributed by atoms with Crippen LogP contribution in [-0.4, -0.2) is 200 Å². The molecule has 422 valence electrons. The monoisotopic (exact) mass is 1060 g/mol. The van der Waals surface area contributed by atoms with Gasteiger partial charge in [-0.2, -0.15) is 0 Å². The van der Waals surface area contributed by atoms with Gasteiger partial charge in [-0.25, -0.2) is 4.79 Å². The van der Waals surface area contributed by atoms with Crippen LogP contribution in [0.4, 0.5) is 0 Å². The van der Waals surface area contributed by atoms with Gasteiger partial charge in [0.25, 0.3) is 0 Å². The van der Waals surface area contributed by atoms with Crippen LogP contribution in [0.3, 0.4) is 0 Å². The first-order chi connectivity index (χ1) is 34.6. The number of carbonyl (C=O) groups excluding carboxylic acids is 9. The lowest BCUT2D eigenvalue weighted by atomic mass is 9.97. The average Bonchev–Trinajstić information content (AvgIpc) is 3.33. The van der Waals surface area contributed by atoms with E-state index < -0.39 is 189 Å². The molecule has 0 bridgehead atoms. The SMILES string of the molecule is CC[C@H](C)[C@H](NC(=O)[C@H](CO)NC(=O)[C@H](CO)NC(=O)[C@H](CO)NC(=O)[C@H](CC(C)C)NC(=O)[C@@H](N)CCCCN)C(=O)N[C@@H](CCC(=O)O)C(=O)N[C@@H](CO)C(=O)N[C@@H](CC(=O)O)C(=O)N[C@H](C(=O)O)C(C)C. The summed E-state index contributed by atoms with van der Waals surface area (Å²) in [6, 6.07) is -16.5. The molecule has 0 aromatic rings. The van der Waals surface area contributed by atoms with Gasteiger partial charge in [0.05, 0.1) is 38.9 Å². The maximum atomic E-state index is 13.8. The lowest BCUT2D eigenvalue weighted by Gasteiger charge is -2.29. The zero-order valence-electron chi connectivity index (χ0n) is 42.4. The molecule has 0 aliphatic heterocycles. The first-order valence-electron chi connectivity index (χ1n) is 23.9. The van der Waals surface area contributed by atoms with Crippen molar-refractivity contribution in [2.75, 3.05) is 33.0 Å². The Morgan fingerprint density at radius 2 is 0.824 bits per heavy atom. The Kier molecular flexibility index (Phi) is 31.7. The third-order valence-electron chi connectivity index (χ3n) is 11.2. The summed E-state index contributed by atoms with van der Waals surface area (Å²) >= 11 is 0. The van der Waals surface area contributed by atoms with Crippen LogP contribution in [0.5, 0.6) is 0 Å². The molecule has 0 spiro atoms. The summed E-state index contributed by atoms with van der Waals surface area (Å²) in [6.45, 7) is 5.33. The molecule has 0 fully saturated rings. The fourth-order valence-corrected chi connectivity index (χ4v) is 6.66. The normalized spacial score (nSPS) is 15.6. The van der Waals surface area contributed by atoms with Gasteiger partial charge in [0, 0.05) is 6.42 Å². The number of carbonyl (C=O) groups is 12. The highest BCUT2D eigenvalue weighted by atomic mass is 16.4. The molecule has 0 aromatic heterocycles. The molecule has 30 nitrogen and oxygen atoms in total. The van der Waals surface area contributed by atoms with Gasteiger partial charge in [0.15, 0.2) is 0 Å². The largest absolute Gasteiger partial charge is 0.481 e. The Hall–Kier alpha value is -6.60. The molecule has 0 radical (unpaired) electrons. The van der Waals surface area contributed by atoms with Crippen LogP contribution in [0.1, 0.15) is 92.9 Å². The number of aliphatic carboxylic acids is 3. The summed E-state index contributed by atoms with van der Waals surface area (Å²) in [5.74, 6) is -16.4. The highest BCUT2D eigenvalue weighted by Gasteiger charge is 2.37. The van der Waals surface area contributed by atoms with Gasteiger partial charge >= 0.3 is 17.9 Å². The number of nitrogens with one attached hydrogen (secondary N) is 9. The second-order valence-electron chi connectivity index (χ2n) is 18.1. The minimum atomic E-state index is -1.97. The third kappa shape index (κ3) is 24.4. The summed E-state index contributed by atoms with van der Waals surface area (Å²) in [7, 11) is 0. The van der Waals surface area contributed by atoms with Gasteiger partial charge in [0.1, 0.15) is 54.4 Å². The van der Waals surface area contributed by atoms with Crippen molar-refractivity contribution in [3.63, 3.8) is 0 Å². The molecule has 0 saturated heterocycles. The lowest BCUT2D eigenvalue weighted by Crippen LogP contribution is -2.62. The number of hydrogen-bond donors (Lipinski definition) is 18. The second kappa shape index (κ2) is 34.8. The molecule has 9 amide bonds. The van der Waals surface area contributed by atoms with Crippen molar-refractivity contribution in [2.45, 2.75) is 153 Å². The predicted molar refractivity (Wildman–Crippen MR) is 257 cm³/mol. The minimum absolute atomic E-state index is 0.0902. The van der Waals surface area contributed by atoms with Crippen LogP contribution in [0.15, 0.2) is 0 Å². The van der Waals surface area contributed by atoms with Crippen LogP contribution in [0.25, 0.3) is 0 Å². The summed E-state index contributed by atoms with van der Waals surface area (Å²) in [5.41, 5.74) is 11.4. The van der Waals surface area contributed by atoms with E-state index in [1.165, 1.54) is 20.8 Å². The van der Waals surface area contributed by atoms with E-state index >= 15 is 0 Å². The maximum absolute atomic E-state index is 13.8. The second-order valence-corrected chi connectivity index (χ2v) is 18.1. The molecule has 20 N–H and O–H groups in total. The van der Waals surface area contributed by atoms with Crippen molar-refractivity contribution in [1.29, 1.82) is 0 Å². The molecule has 0 aliphatic carbocycles. The average molecular weight is 1060 g/mol. The maximum Gasteiger partial charge on any atom is 0.326 e. The molecule has 74 heavy (non-hydrogen) atoms. The molecule has 0 unspecified atom stereocenters. The molecule has 11 atom stereocenters. The number of carboxylic acid groups (broad SMARTS) is 3. The zero-order valence-corrected chi connectivity index (χ0v) is 42.4. The van der Waals surface area contributed by atoms with Crippen LogP contribution < -0.4 is 59.3 Å². The Labute approximate surface area is 427 Å². The van der Waals surface area contributed by atoms with Gasteiger partial charge in [-0.3, -0.25) is 52.7 Å². The Bertz CT molecular complexity index is 1930. The van der Waals surface area contributed by atoms with Crippen LogP contribution in [0, 0.1) is 17.8 Å². The first kappa shape index (κ1) is 67.4. The molecule has 0 aromatic carbocycles. The van der Waals surface area contributed by atoms with E-state index in [9.17, 15) is 93.3 Å². The van der Waals surface area contributed by atoms with Crippen LogP contribution in [-0.2, 0) is 57.5 Å². The minimum Gasteiger partial charge on any atom is -0.481 e. The van der Waals surface area contributed by atoms with Gasteiger partial charge in [-0.1, -0.05) is 54.4 Å². The quantitative estimate of drug-likeness (QED) is 0.0257. The summed E-state index contributed by atoms with van der Waals surface area (Å²) in [5, 5.41) is 88.1. The highest BCUT2D eigenvalue weighted by molar-refractivity contribution is 5.99. The molecule has 0 aliphatic rings. The molecule has 30 heteroatoms. The lowest BCUT2D eigenvalue weighted by molar-refractivity contribution is -0.145. The van der Waals surface area contributed by atoms with Crippen molar-refractivity contribution in [2.24, 2.45) is 29.2 Å².